The average Bonchev–Trinajstić information content (AvgIpc) is 2.31. The van der Waals surface area contributed by atoms with E-state index in [2.05, 4.69) is 47.8 Å². The largest absolute Gasteiger partial charge is 0.289 e. The summed E-state index contributed by atoms with van der Waals surface area (Å²) in [5.74, 6) is -0.673. The molecular formula is C14H8Br3FO. The Morgan fingerprint density at radius 3 is 2.32 bits per heavy atom. The second-order valence-electron chi connectivity index (χ2n) is 4.07. The number of hydrogen-bond acceptors (Lipinski definition) is 1. The number of benzene rings is 2. The summed E-state index contributed by atoms with van der Waals surface area (Å²) in [6.45, 7) is 1.93. The van der Waals surface area contributed by atoms with Gasteiger partial charge < -0.3 is 0 Å². The van der Waals surface area contributed by atoms with Crippen molar-refractivity contribution in [2.24, 2.45) is 0 Å². The SMILES string of the molecule is Cc1cc(Br)c(C(=O)c2cc(F)cc(Br)c2)cc1Br. The number of halogens is 4. The monoisotopic (exact) mass is 448 g/mol. The molecule has 2 aromatic carbocycles. The molecule has 0 unspecified atom stereocenters. The summed E-state index contributed by atoms with van der Waals surface area (Å²) in [5, 5.41) is 0. The van der Waals surface area contributed by atoms with Gasteiger partial charge in [0.05, 0.1) is 0 Å². The van der Waals surface area contributed by atoms with Crippen molar-refractivity contribution >= 4 is 53.6 Å². The van der Waals surface area contributed by atoms with Crippen molar-refractivity contribution in [1.82, 2.24) is 0 Å². The van der Waals surface area contributed by atoms with Crippen molar-refractivity contribution in [3.8, 4) is 0 Å². The number of ketones is 1. The van der Waals surface area contributed by atoms with Gasteiger partial charge in [0.2, 0.25) is 0 Å². The predicted molar refractivity (Wildman–Crippen MR) is 84.1 cm³/mol. The first kappa shape index (κ1) is 14.9. The normalized spacial score (nSPS) is 10.6. The number of carbonyl (C=O) groups is 1. The quantitative estimate of drug-likeness (QED) is 0.540. The lowest BCUT2D eigenvalue weighted by Crippen LogP contribution is -2.03. The van der Waals surface area contributed by atoms with Crippen molar-refractivity contribution in [3.63, 3.8) is 0 Å². The second kappa shape index (κ2) is 5.85. The van der Waals surface area contributed by atoms with E-state index >= 15 is 0 Å². The highest BCUT2D eigenvalue weighted by atomic mass is 79.9. The van der Waals surface area contributed by atoms with Crippen LogP contribution in [0.5, 0.6) is 0 Å². The fourth-order valence-corrected chi connectivity index (χ4v) is 3.11. The van der Waals surface area contributed by atoms with E-state index in [1.165, 1.54) is 12.1 Å². The molecule has 0 aliphatic carbocycles. The van der Waals surface area contributed by atoms with Gasteiger partial charge >= 0.3 is 0 Å². The van der Waals surface area contributed by atoms with E-state index in [0.29, 0.717) is 20.1 Å². The molecule has 1 nitrogen and oxygen atoms in total. The van der Waals surface area contributed by atoms with Gasteiger partial charge in [-0.15, -0.1) is 0 Å². The fourth-order valence-electron chi connectivity index (χ4n) is 1.66. The number of hydrogen-bond donors (Lipinski definition) is 0. The topological polar surface area (TPSA) is 17.1 Å². The summed E-state index contributed by atoms with van der Waals surface area (Å²) < 4.78 is 15.4. The maximum Gasteiger partial charge on any atom is 0.194 e. The van der Waals surface area contributed by atoms with Crippen LogP contribution in [-0.2, 0) is 0 Å². The van der Waals surface area contributed by atoms with Crippen LogP contribution in [0.1, 0.15) is 21.5 Å². The van der Waals surface area contributed by atoms with Gasteiger partial charge in [0.15, 0.2) is 5.78 Å². The van der Waals surface area contributed by atoms with E-state index in [-0.39, 0.29) is 5.78 Å². The molecule has 0 heterocycles. The molecule has 0 spiro atoms. The maximum absolute atomic E-state index is 13.3. The summed E-state index contributed by atoms with van der Waals surface area (Å²) in [7, 11) is 0. The van der Waals surface area contributed by atoms with Crippen LogP contribution in [0.2, 0.25) is 0 Å². The van der Waals surface area contributed by atoms with E-state index in [9.17, 15) is 9.18 Å². The summed E-state index contributed by atoms with van der Waals surface area (Å²) in [4.78, 5) is 12.4. The van der Waals surface area contributed by atoms with Crippen LogP contribution in [0.4, 0.5) is 4.39 Å². The first-order valence-electron chi connectivity index (χ1n) is 5.35. The van der Waals surface area contributed by atoms with Crippen LogP contribution in [0.15, 0.2) is 43.7 Å². The Hall–Kier alpha value is -0.520. The van der Waals surface area contributed by atoms with Crippen LogP contribution in [-0.4, -0.2) is 5.78 Å². The Kier molecular flexibility index (Phi) is 4.58. The van der Waals surface area contributed by atoms with Gasteiger partial charge in [-0.05, 0) is 42.8 Å². The molecule has 0 amide bonds. The summed E-state index contributed by atoms with van der Waals surface area (Å²) in [6.07, 6.45) is 0. The van der Waals surface area contributed by atoms with Crippen molar-refractivity contribution in [3.05, 3.63) is 66.3 Å². The number of aryl methyl sites for hydroxylation is 1. The molecule has 2 rings (SSSR count). The highest BCUT2D eigenvalue weighted by Crippen LogP contribution is 2.28. The highest BCUT2D eigenvalue weighted by Gasteiger charge is 2.15. The van der Waals surface area contributed by atoms with Crippen LogP contribution >= 0.6 is 47.8 Å². The van der Waals surface area contributed by atoms with Gasteiger partial charge in [-0.2, -0.15) is 0 Å². The molecule has 0 aliphatic heterocycles. The van der Waals surface area contributed by atoms with Crippen molar-refractivity contribution in [2.75, 3.05) is 0 Å². The van der Waals surface area contributed by atoms with E-state index in [4.69, 9.17) is 0 Å². The maximum atomic E-state index is 13.3. The Morgan fingerprint density at radius 1 is 1.00 bits per heavy atom. The van der Waals surface area contributed by atoms with Gasteiger partial charge in [0.1, 0.15) is 5.82 Å². The smallest absolute Gasteiger partial charge is 0.194 e. The molecule has 98 valence electrons. The third-order valence-corrected chi connectivity index (χ3v) is 4.59. The number of rotatable bonds is 2. The zero-order chi connectivity index (χ0) is 14.2. The zero-order valence-electron chi connectivity index (χ0n) is 9.81. The molecule has 0 saturated heterocycles. The molecule has 0 radical (unpaired) electrons. The standard InChI is InChI=1S/C14H8Br3FO/c1-7-2-13(17)11(6-12(7)16)14(19)8-3-9(15)5-10(18)4-8/h2-6H,1H3. The van der Waals surface area contributed by atoms with Gasteiger partial charge in [0, 0.05) is 24.5 Å². The molecule has 5 heteroatoms. The van der Waals surface area contributed by atoms with E-state index < -0.39 is 5.82 Å². The molecule has 0 atom stereocenters. The first-order chi connectivity index (χ1) is 8.88. The van der Waals surface area contributed by atoms with Gasteiger partial charge in [0.25, 0.3) is 0 Å². The van der Waals surface area contributed by atoms with Gasteiger partial charge in [-0.25, -0.2) is 4.39 Å². The third-order valence-electron chi connectivity index (χ3n) is 2.62. The first-order valence-corrected chi connectivity index (χ1v) is 7.73. The van der Waals surface area contributed by atoms with Crippen molar-refractivity contribution in [2.45, 2.75) is 6.92 Å². The van der Waals surface area contributed by atoms with Crippen molar-refractivity contribution in [1.29, 1.82) is 0 Å². The second-order valence-corrected chi connectivity index (χ2v) is 6.69. The Morgan fingerprint density at radius 2 is 1.68 bits per heavy atom. The Labute approximate surface area is 135 Å². The highest BCUT2D eigenvalue weighted by molar-refractivity contribution is 9.11. The molecule has 0 N–H and O–H groups in total. The summed E-state index contributed by atoms with van der Waals surface area (Å²) >= 11 is 9.95. The van der Waals surface area contributed by atoms with Gasteiger partial charge in [-0.1, -0.05) is 47.8 Å². The van der Waals surface area contributed by atoms with Crippen molar-refractivity contribution < 1.29 is 9.18 Å². The minimum absolute atomic E-state index is 0.229. The lowest BCUT2D eigenvalue weighted by atomic mass is 10.0. The molecule has 0 saturated carbocycles. The Balaban J connectivity index is 2.53. The molecule has 0 bridgehead atoms. The molecule has 2 aromatic rings. The van der Waals surface area contributed by atoms with Crippen LogP contribution in [0.3, 0.4) is 0 Å². The van der Waals surface area contributed by atoms with E-state index in [1.54, 1.807) is 12.1 Å². The van der Waals surface area contributed by atoms with E-state index in [1.807, 2.05) is 13.0 Å². The summed E-state index contributed by atoms with van der Waals surface area (Å²) in [5.41, 5.74) is 1.82. The minimum atomic E-state index is -0.444. The Bertz CT molecular complexity index is 648. The van der Waals surface area contributed by atoms with Crippen LogP contribution in [0.25, 0.3) is 0 Å². The molecule has 0 fully saturated rings. The molecule has 0 aliphatic rings. The molecular weight excluding hydrogens is 443 g/mol. The minimum Gasteiger partial charge on any atom is -0.289 e. The van der Waals surface area contributed by atoms with Crippen LogP contribution < -0.4 is 0 Å². The van der Waals surface area contributed by atoms with Gasteiger partial charge in [-0.3, -0.25) is 4.79 Å². The third kappa shape index (κ3) is 3.33. The average molecular weight is 451 g/mol. The fraction of sp³-hybridized carbons (Fsp3) is 0.0714. The lowest BCUT2D eigenvalue weighted by molar-refractivity contribution is 0.103. The van der Waals surface area contributed by atoms with E-state index in [0.717, 1.165) is 10.0 Å². The van der Waals surface area contributed by atoms with Crippen LogP contribution in [0, 0.1) is 12.7 Å². The zero-order valence-corrected chi connectivity index (χ0v) is 14.6. The molecule has 19 heavy (non-hydrogen) atoms. The lowest BCUT2D eigenvalue weighted by Gasteiger charge is -2.07. The number of carbonyl (C=O) groups excluding carboxylic acids is 1. The molecule has 0 aromatic heterocycles. The summed E-state index contributed by atoms with van der Waals surface area (Å²) in [6, 6.07) is 7.74. The predicted octanol–water partition coefficient (Wildman–Crippen LogP) is 5.65.